The van der Waals surface area contributed by atoms with E-state index < -0.39 is 0 Å². The van der Waals surface area contributed by atoms with E-state index in [4.69, 9.17) is 14.2 Å². The lowest BCUT2D eigenvalue weighted by molar-refractivity contribution is 0.184. The predicted molar refractivity (Wildman–Crippen MR) is 89.5 cm³/mol. The highest BCUT2D eigenvalue weighted by Crippen LogP contribution is 2.35. The van der Waals surface area contributed by atoms with Crippen LogP contribution in [-0.4, -0.2) is 20.8 Å². The SMILES string of the molecule is CCCCOc1cc(COC)ccc1-c1cc(OC)ccc1F. The molecule has 0 amide bonds. The van der Waals surface area contributed by atoms with Crippen molar-refractivity contribution < 1.29 is 18.6 Å². The van der Waals surface area contributed by atoms with Crippen LogP contribution in [0.1, 0.15) is 25.3 Å². The molecule has 0 radical (unpaired) electrons. The molecule has 23 heavy (non-hydrogen) atoms. The van der Waals surface area contributed by atoms with Gasteiger partial charge in [-0.25, -0.2) is 4.39 Å². The quantitative estimate of drug-likeness (QED) is 0.653. The topological polar surface area (TPSA) is 27.7 Å². The summed E-state index contributed by atoms with van der Waals surface area (Å²) < 4.78 is 30.5. The average Bonchev–Trinajstić information content (AvgIpc) is 2.56. The van der Waals surface area contributed by atoms with Gasteiger partial charge in [0.1, 0.15) is 17.3 Å². The van der Waals surface area contributed by atoms with Gasteiger partial charge in [0.2, 0.25) is 0 Å². The Morgan fingerprint density at radius 2 is 1.83 bits per heavy atom. The van der Waals surface area contributed by atoms with E-state index in [0.29, 0.717) is 30.3 Å². The summed E-state index contributed by atoms with van der Waals surface area (Å²) in [5, 5.41) is 0. The van der Waals surface area contributed by atoms with Gasteiger partial charge in [-0.15, -0.1) is 0 Å². The zero-order valence-corrected chi connectivity index (χ0v) is 13.9. The smallest absolute Gasteiger partial charge is 0.131 e. The molecule has 124 valence electrons. The maximum Gasteiger partial charge on any atom is 0.131 e. The number of rotatable bonds is 8. The summed E-state index contributed by atoms with van der Waals surface area (Å²) in [5.74, 6) is 0.979. The van der Waals surface area contributed by atoms with Crippen molar-refractivity contribution in [1.82, 2.24) is 0 Å². The summed E-state index contributed by atoms with van der Waals surface area (Å²) in [4.78, 5) is 0. The maximum atomic E-state index is 14.3. The standard InChI is InChI=1S/C19H23FO3/c1-4-5-10-23-19-11-14(13-21-2)6-8-16(19)17-12-15(22-3)7-9-18(17)20/h6-9,11-12H,4-5,10,13H2,1-3H3. The lowest BCUT2D eigenvalue weighted by atomic mass is 10.0. The van der Waals surface area contributed by atoms with Gasteiger partial charge in [-0.1, -0.05) is 25.5 Å². The summed E-state index contributed by atoms with van der Waals surface area (Å²) in [7, 11) is 3.21. The van der Waals surface area contributed by atoms with Crippen LogP contribution in [0.3, 0.4) is 0 Å². The molecular formula is C19H23FO3. The highest BCUT2D eigenvalue weighted by molar-refractivity contribution is 5.72. The van der Waals surface area contributed by atoms with Gasteiger partial charge in [0.25, 0.3) is 0 Å². The van der Waals surface area contributed by atoms with Crippen molar-refractivity contribution in [2.75, 3.05) is 20.8 Å². The molecule has 0 heterocycles. The van der Waals surface area contributed by atoms with Gasteiger partial charge >= 0.3 is 0 Å². The molecule has 0 fully saturated rings. The highest BCUT2D eigenvalue weighted by atomic mass is 19.1. The first-order valence-electron chi connectivity index (χ1n) is 7.78. The molecule has 0 aromatic heterocycles. The second-order valence-electron chi connectivity index (χ2n) is 5.31. The van der Waals surface area contributed by atoms with Gasteiger partial charge in [0.15, 0.2) is 0 Å². The van der Waals surface area contributed by atoms with Crippen LogP contribution in [0.25, 0.3) is 11.1 Å². The van der Waals surface area contributed by atoms with Crippen LogP contribution < -0.4 is 9.47 Å². The van der Waals surface area contributed by atoms with Crippen LogP contribution >= 0.6 is 0 Å². The summed E-state index contributed by atoms with van der Waals surface area (Å²) in [6.07, 6.45) is 2.00. The third-order valence-corrected chi connectivity index (χ3v) is 3.58. The Morgan fingerprint density at radius 1 is 1.00 bits per heavy atom. The van der Waals surface area contributed by atoms with Gasteiger partial charge in [0, 0.05) is 18.2 Å². The Morgan fingerprint density at radius 3 is 2.52 bits per heavy atom. The molecule has 0 unspecified atom stereocenters. The second-order valence-corrected chi connectivity index (χ2v) is 5.31. The predicted octanol–water partition coefficient (Wildman–Crippen LogP) is 4.83. The van der Waals surface area contributed by atoms with E-state index >= 15 is 0 Å². The summed E-state index contributed by atoms with van der Waals surface area (Å²) in [6, 6.07) is 10.4. The minimum atomic E-state index is -0.300. The maximum absolute atomic E-state index is 14.3. The lowest BCUT2D eigenvalue weighted by Gasteiger charge is -2.14. The third kappa shape index (κ3) is 4.45. The Bertz CT molecular complexity index is 641. The van der Waals surface area contributed by atoms with Crippen molar-refractivity contribution in [1.29, 1.82) is 0 Å². The zero-order chi connectivity index (χ0) is 16.7. The molecule has 2 aromatic carbocycles. The minimum Gasteiger partial charge on any atom is -0.497 e. The van der Waals surface area contributed by atoms with Crippen molar-refractivity contribution >= 4 is 0 Å². The fraction of sp³-hybridized carbons (Fsp3) is 0.368. The Kier molecular flexibility index (Phi) is 6.41. The summed E-state index contributed by atoms with van der Waals surface area (Å²) >= 11 is 0. The Labute approximate surface area is 137 Å². The number of ether oxygens (including phenoxy) is 3. The number of benzene rings is 2. The van der Waals surface area contributed by atoms with E-state index in [1.54, 1.807) is 26.4 Å². The van der Waals surface area contributed by atoms with E-state index in [9.17, 15) is 4.39 Å². The van der Waals surface area contributed by atoms with Gasteiger partial charge in [-0.05, 0) is 36.2 Å². The number of unbranched alkanes of at least 4 members (excludes halogenated alkanes) is 1. The van der Waals surface area contributed by atoms with Crippen LogP contribution in [0.2, 0.25) is 0 Å². The first kappa shape index (κ1) is 17.3. The molecule has 3 nitrogen and oxygen atoms in total. The first-order valence-corrected chi connectivity index (χ1v) is 7.78. The molecule has 2 rings (SSSR count). The molecule has 4 heteroatoms. The van der Waals surface area contributed by atoms with Crippen LogP contribution in [-0.2, 0) is 11.3 Å². The number of hydrogen-bond donors (Lipinski definition) is 0. The van der Waals surface area contributed by atoms with Crippen LogP contribution in [0.15, 0.2) is 36.4 Å². The number of halogens is 1. The van der Waals surface area contributed by atoms with Crippen molar-refractivity contribution in [3.8, 4) is 22.6 Å². The van der Waals surface area contributed by atoms with Crippen LogP contribution in [0.5, 0.6) is 11.5 Å². The fourth-order valence-electron chi connectivity index (χ4n) is 2.33. The summed E-state index contributed by atoms with van der Waals surface area (Å²) in [6.45, 7) is 3.20. The van der Waals surface area contributed by atoms with Gasteiger partial charge in [-0.3, -0.25) is 0 Å². The molecule has 0 saturated carbocycles. The molecule has 0 atom stereocenters. The second kappa shape index (κ2) is 8.53. The molecule has 0 bridgehead atoms. The molecular weight excluding hydrogens is 295 g/mol. The molecule has 0 aliphatic rings. The fourth-order valence-corrected chi connectivity index (χ4v) is 2.33. The van der Waals surface area contributed by atoms with Gasteiger partial charge in [0.05, 0.1) is 20.3 Å². The van der Waals surface area contributed by atoms with Crippen molar-refractivity contribution in [3.05, 3.63) is 47.8 Å². The molecule has 0 aliphatic carbocycles. The largest absolute Gasteiger partial charge is 0.497 e. The van der Waals surface area contributed by atoms with Crippen LogP contribution in [0.4, 0.5) is 4.39 Å². The number of methoxy groups -OCH3 is 2. The molecule has 0 aliphatic heterocycles. The van der Waals surface area contributed by atoms with Gasteiger partial charge < -0.3 is 14.2 Å². The molecule has 0 N–H and O–H groups in total. The van der Waals surface area contributed by atoms with Crippen LogP contribution in [0, 0.1) is 5.82 Å². The van der Waals surface area contributed by atoms with E-state index in [1.165, 1.54) is 6.07 Å². The monoisotopic (exact) mass is 318 g/mol. The molecule has 0 spiro atoms. The minimum absolute atomic E-state index is 0.300. The highest BCUT2D eigenvalue weighted by Gasteiger charge is 2.13. The van der Waals surface area contributed by atoms with Crippen molar-refractivity contribution in [3.63, 3.8) is 0 Å². The number of hydrogen-bond acceptors (Lipinski definition) is 3. The third-order valence-electron chi connectivity index (χ3n) is 3.58. The summed E-state index contributed by atoms with van der Waals surface area (Å²) in [5.41, 5.74) is 2.18. The first-order chi connectivity index (χ1) is 11.2. The Hall–Kier alpha value is -2.07. The van der Waals surface area contributed by atoms with E-state index in [-0.39, 0.29) is 5.82 Å². The van der Waals surface area contributed by atoms with Gasteiger partial charge in [-0.2, -0.15) is 0 Å². The van der Waals surface area contributed by atoms with E-state index in [0.717, 1.165) is 24.0 Å². The average molecular weight is 318 g/mol. The molecule has 2 aromatic rings. The van der Waals surface area contributed by atoms with Crippen molar-refractivity contribution in [2.24, 2.45) is 0 Å². The molecule has 0 saturated heterocycles. The van der Waals surface area contributed by atoms with Crippen molar-refractivity contribution in [2.45, 2.75) is 26.4 Å². The zero-order valence-electron chi connectivity index (χ0n) is 13.9. The van der Waals surface area contributed by atoms with E-state index in [2.05, 4.69) is 6.92 Å². The lowest BCUT2D eigenvalue weighted by Crippen LogP contribution is -2.00. The Balaban J connectivity index is 2.43. The normalized spacial score (nSPS) is 10.6. The van der Waals surface area contributed by atoms with E-state index in [1.807, 2.05) is 18.2 Å².